The lowest BCUT2D eigenvalue weighted by Gasteiger charge is -2.19. The molecule has 1 aliphatic rings. The van der Waals surface area contributed by atoms with Gasteiger partial charge in [-0.15, -0.1) is 0 Å². The van der Waals surface area contributed by atoms with Crippen LogP contribution < -0.4 is 0 Å². The van der Waals surface area contributed by atoms with Crippen molar-refractivity contribution in [1.29, 1.82) is 0 Å². The first-order valence-electron chi connectivity index (χ1n) is 2.87. The van der Waals surface area contributed by atoms with E-state index in [9.17, 15) is 8.78 Å². The molecule has 60 valence electrons. The van der Waals surface area contributed by atoms with Crippen LogP contribution in [0.5, 0.6) is 0 Å². The second kappa shape index (κ2) is 2.41. The molecule has 1 fully saturated rings. The zero-order valence-electron chi connectivity index (χ0n) is 5.13. The molecule has 0 aliphatic carbocycles. The van der Waals surface area contributed by atoms with Gasteiger partial charge in [0.15, 0.2) is 0 Å². The van der Waals surface area contributed by atoms with E-state index >= 15 is 0 Å². The van der Waals surface area contributed by atoms with Crippen molar-refractivity contribution in [2.24, 2.45) is 0 Å². The van der Waals surface area contributed by atoms with Gasteiger partial charge in [-0.1, -0.05) is 0 Å². The molecule has 0 amide bonds. The third-order valence-electron chi connectivity index (χ3n) is 1.39. The minimum Gasteiger partial charge on any atom is -0.391 e. The zero-order valence-corrected chi connectivity index (χ0v) is 5.13. The molecular weight excluding hydrogens is 146 g/mol. The molecule has 1 heterocycles. The summed E-state index contributed by atoms with van der Waals surface area (Å²) in [7, 11) is 0. The molecule has 2 N–H and O–H groups in total. The lowest BCUT2D eigenvalue weighted by atomic mass is 10.2. The van der Waals surface area contributed by atoms with Crippen LogP contribution >= 0.6 is 0 Å². The molecule has 1 aliphatic heterocycles. The SMILES string of the molecule is O[C@@H]1COC(O)(C(F)F)C1. The minimum atomic E-state index is -2.95. The summed E-state index contributed by atoms with van der Waals surface area (Å²) in [6.45, 7) is -0.221. The maximum atomic E-state index is 11.8. The van der Waals surface area contributed by atoms with E-state index in [-0.39, 0.29) is 6.61 Å². The van der Waals surface area contributed by atoms with Gasteiger partial charge in [-0.05, 0) is 0 Å². The van der Waals surface area contributed by atoms with Crippen molar-refractivity contribution in [1.82, 2.24) is 0 Å². The van der Waals surface area contributed by atoms with E-state index in [1.165, 1.54) is 0 Å². The van der Waals surface area contributed by atoms with Gasteiger partial charge >= 0.3 is 0 Å². The smallest absolute Gasteiger partial charge is 0.291 e. The normalized spacial score (nSPS) is 41.1. The molecule has 0 bridgehead atoms. The van der Waals surface area contributed by atoms with Crippen molar-refractivity contribution in [2.75, 3.05) is 6.61 Å². The van der Waals surface area contributed by atoms with Crippen molar-refractivity contribution in [3.05, 3.63) is 0 Å². The Kier molecular flexibility index (Phi) is 1.89. The Morgan fingerprint density at radius 3 is 2.40 bits per heavy atom. The summed E-state index contributed by atoms with van der Waals surface area (Å²) in [4.78, 5) is 0. The Hall–Kier alpha value is -0.260. The Labute approximate surface area is 56.2 Å². The average Bonchev–Trinajstić information content (AvgIpc) is 2.13. The van der Waals surface area contributed by atoms with Crippen LogP contribution in [-0.4, -0.2) is 35.1 Å². The van der Waals surface area contributed by atoms with E-state index in [0.717, 1.165) is 0 Å². The molecule has 0 aromatic carbocycles. The van der Waals surface area contributed by atoms with E-state index in [1.807, 2.05) is 0 Å². The molecule has 5 heteroatoms. The third kappa shape index (κ3) is 1.25. The first kappa shape index (κ1) is 7.84. The lowest BCUT2D eigenvalue weighted by molar-refractivity contribution is -0.243. The Balaban J connectivity index is 2.54. The highest BCUT2D eigenvalue weighted by atomic mass is 19.3. The number of hydrogen-bond acceptors (Lipinski definition) is 3. The van der Waals surface area contributed by atoms with Crippen LogP contribution in [0.2, 0.25) is 0 Å². The van der Waals surface area contributed by atoms with Gasteiger partial charge in [0.1, 0.15) is 0 Å². The van der Waals surface area contributed by atoms with Crippen molar-refractivity contribution in [3.8, 4) is 0 Å². The van der Waals surface area contributed by atoms with Crippen molar-refractivity contribution >= 4 is 0 Å². The predicted octanol–water partition coefficient (Wildman–Crippen LogP) is -0.279. The number of hydrogen-bond donors (Lipinski definition) is 2. The molecule has 0 aromatic rings. The van der Waals surface area contributed by atoms with Crippen LogP contribution in [0, 0.1) is 0 Å². The second-order valence-electron chi connectivity index (χ2n) is 2.31. The fourth-order valence-electron chi connectivity index (χ4n) is 0.848. The van der Waals surface area contributed by atoms with E-state index in [1.54, 1.807) is 0 Å². The van der Waals surface area contributed by atoms with Gasteiger partial charge in [-0.25, -0.2) is 8.78 Å². The Morgan fingerprint density at radius 2 is 2.20 bits per heavy atom. The molecule has 0 radical (unpaired) electrons. The lowest BCUT2D eigenvalue weighted by Crippen LogP contribution is -2.36. The van der Waals surface area contributed by atoms with Gasteiger partial charge in [-0.2, -0.15) is 0 Å². The maximum Gasteiger partial charge on any atom is 0.291 e. The zero-order chi connectivity index (χ0) is 7.78. The van der Waals surface area contributed by atoms with Crippen LogP contribution in [0.15, 0.2) is 0 Å². The van der Waals surface area contributed by atoms with Crippen LogP contribution in [-0.2, 0) is 4.74 Å². The van der Waals surface area contributed by atoms with Gasteiger partial charge in [0.25, 0.3) is 6.43 Å². The monoisotopic (exact) mass is 154 g/mol. The number of alkyl halides is 2. The highest BCUT2D eigenvalue weighted by Crippen LogP contribution is 2.28. The Morgan fingerprint density at radius 1 is 1.60 bits per heavy atom. The Bertz CT molecular complexity index is 130. The number of aliphatic hydroxyl groups excluding tert-OH is 1. The van der Waals surface area contributed by atoms with E-state index in [2.05, 4.69) is 4.74 Å². The fourth-order valence-corrected chi connectivity index (χ4v) is 0.848. The molecule has 10 heavy (non-hydrogen) atoms. The van der Waals surface area contributed by atoms with Gasteiger partial charge in [0.05, 0.1) is 12.7 Å². The first-order valence-corrected chi connectivity index (χ1v) is 2.87. The summed E-state index contributed by atoms with van der Waals surface area (Å²) in [6, 6.07) is 0. The van der Waals surface area contributed by atoms with E-state index in [0.29, 0.717) is 0 Å². The summed E-state index contributed by atoms with van der Waals surface area (Å²) in [5.41, 5.74) is 0. The summed E-state index contributed by atoms with van der Waals surface area (Å²) < 4.78 is 27.9. The predicted molar refractivity (Wildman–Crippen MR) is 27.5 cm³/mol. The van der Waals surface area contributed by atoms with Crippen LogP contribution in [0.25, 0.3) is 0 Å². The summed E-state index contributed by atoms with van der Waals surface area (Å²) in [6.07, 6.45) is -4.34. The molecular formula is C5H8F2O3. The topological polar surface area (TPSA) is 49.7 Å². The summed E-state index contributed by atoms with van der Waals surface area (Å²) in [5.74, 6) is -2.42. The van der Waals surface area contributed by atoms with Crippen LogP contribution in [0.3, 0.4) is 0 Å². The van der Waals surface area contributed by atoms with Crippen LogP contribution in [0.1, 0.15) is 6.42 Å². The maximum absolute atomic E-state index is 11.8. The summed E-state index contributed by atoms with van der Waals surface area (Å²) >= 11 is 0. The van der Waals surface area contributed by atoms with Crippen molar-refractivity contribution in [2.45, 2.75) is 24.7 Å². The largest absolute Gasteiger partial charge is 0.391 e. The van der Waals surface area contributed by atoms with Crippen LogP contribution in [0.4, 0.5) is 8.78 Å². The number of aliphatic hydroxyl groups is 2. The minimum absolute atomic E-state index is 0.221. The van der Waals surface area contributed by atoms with Gasteiger partial charge in [-0.3, -0.25) is 0 Å². The number of ether oxygens (including phenoxy) is 1. The molecule has 0 spiro atoms. The van der Waals surface area contributed by atoms with Crippen molar-refractivity contribution < 1.29 is 23.7 Å². The molecule has 1 unspecified atom stereocenters. The standard InChI is InChI=1S/C5H8F2O3/c6-4(7)5(9)1-3(8)2-10-5/h3-4,8-9H,1-2H2/t3-,5?/m0/s1. The summed E-state index contributed by atoms with van der Waals surface area (Å²) in [5, 5.41) is 17.5. The highest BCUT2D eigenvalue weighted by Gasteiger charge is 2.45. The fraction of sp³-hybridized carbons (Fsp3) is 1.00. The van der Waals surface area contributed by atoms with Crippen molar-refractivity contribution in [3.63, 3.8) is 0 Å². The van der Waals surface area contributed by atoms with Gasteiger partial charge in [0.2, 0.25) is 5.79 Å². The number of rotatable bonds is 1. The third-order valence-corrected chi connectivity index (χ3v) is 1.39. The molecule has 1 saturated heterocycles. The van der Waals surface area contributed by atoms with E-state index < -0.39 is 24.7 Å². The molecule has 0 saturated carbocycles. The second-order valence-corrected chi connectivity index (χ2v) is 2.31. The molecule has 2 atom stereocenters. The quantitative estimate of drug-likeness (QED) is 0.546. The highest BCUT2D eigenvalue weighted by molar-refractivity contribution is 4.81. The molecule has 3 nitrogen and oxygen atoms in total. The molecule has 1 rings (SSSR count). The first-order chi connectivity index (χ1) is 4.54. The van der Waals surface area contributed by atoms with Gasteiger partial charge in [0, 0.05) is 6.42 Å². The van der Waals surface area contributed by atoms with E-state index in [4.69, 9.17) is 10.2 Å². The molecule has 0 aromatic heterocycles. The average molecular weight is 154 g/mol. The number of halogens is 2. The van der Waals surface area contributed by atoms with Gasteiger partial charge < -0.3 is 14.9 Å².